The van der Waals surface area contributed by atoms with Crippen molar-refractivity contribution < 1.29 is 154 Å². The maximum absolute atomic E-state index is 15.7. The number of phenolic OH excluding ortho intramolecular Hbond substituents is 16. The third kappa shape index (κ3) is 6.80. The van der Waals surface area contributed by atoms with Gasteiger partial charge in [-0.3, -0.25) is 9.59 Å². The number of aliphatic hydroxyl groups is 2. The molecule has 6 aromatic rings. The van der Waals surface area contributed by atoms with E-state index in [1.807, 2.05) is 0 Å². The highest BCUT2D eigenvalue weighted by atomic mass is 16.6. The summed E-state index contributed by atoms with van der Waals surface area (Å²) in [5.74, 6) is -41.1. The zero-order chi connectivity index (χ0) is 61.7. The van der Waals surface area contributed by atoms with Crippen LogP contribution in [-0.4, -0.2) is 170 Å². The number of phenols is 16. The number of carbonyl (C=O) groups excluding carboxylic acids is 6. The van der Waals surface area contributed by atoms with Crippen LogP contribution in [-0.2, 0) is 39.7 Å². The number of Topliss-reactive ketones (excluding diaryl/α,β-unsaturated/α-hetero) is 1. The molecule has 7 heterocycles. The molecule has 1 fully saturated rings. The van der Waals surface area contributed by atoms with E-state index in [0.717, 1.165) is 18.2 Å². The van der Waals surface area contributed by atoms with Gasteiger partial charge >= 0.3 is 29.8 Å². The zero-order valence-electron chi connectivity index (χ0n) is 42.4. The van der Waals surface area contributed by atoms with E-state index in [9.17, 15) is 96.7 Å². The highest BCUT2D eigenvalue weighted by Gasteiger charge is 2.76. The first-order chi connectivity index (χ1) is 40.6. The van der Waals surface area contributed by atoms with Crippen molar-refractivity contribution in [1.82, 2.24) is 0 Å². The number of carbonyl (C=O) groups is 6. The van der Waals surface area contributed by atoms with Crippen LogP contribution in [0.4, 0.5) is 0 Å². The minimum absolute atomic E-state index is 0.170. The summed E-state index contributed by atoms with van der Waals surface area (Å²) in [6, 6.07) is 3.93. The predicted molar refractivity (Wildman–Crippen MR) is 268 cm³/mol. The molecule has 6 aromatic carbocycles. The summed E-state index contributed by atoms with van der Waals surface area (Å²) < 4.78 is 42.1. The lowest BCUT2D eigenvalue weighted by molar-refractivity contribution is -0.200. The van der Waals surface area contributed by atoms with Crippen molar-refractivity contribution in [1.29, 1.82) is 0 Å². The number of hydrogen-bond donors (Lipinski definition) is 18. The number of hydrogen-bond acceptors (Lipinski definition) is 31. The van der Waals surface area contributed by atoms with E-state index in [1.54, 1.807) is 0 Å². The lowest BCUT2D eigenvalue weighted by Crippen LogP contribution is -2.65. The molecule has 1 saturated heterocycles. The van der Waals surface area contributed by atoms with E-state index in [-0.39, 0.29) is 11.1 Å². The topological polar surface area (TPSA) is 531 Å². The summed E-state index contributed by atoms with van der Waals surface area (Å²) in [6.45, 7) is -1.59. The third-order valence-corrected chi connectivity index (χ3v) is 16.2. The quantitative estimate of drug-likeness (QED) is 0.0637. The second-order valence-electron chi connectivity index (χ2n) is 20.6. The Labute approximate surface area is 473 Å². The molecule has 1 spiro atoms. The molecule has 14 rings (SSSR count). The predicted octanol–water partition coefficient (Wildman–Crippen LogP) is 2.13. The SMILES string of the molecule is O=C1OC[C@H]2OC(=O)c3cc(O)c(O)c(O)c3-c3c(O)c(O)c(O)c4c3C(=O)O[C@H]([C@H]3OC(=O)C5C4=C(O)C(=O)C54Oc5cc6c(c(O)c5[C@H]34)C[C@H](O)[C@@H](c3cc(O)c(O)c(O)c3)O6)[C@@H]2OC(=O)c2c(cc(O)c(O)c2O)-c2c1cc(O)c(O)c2O. The molecule has 0 amide bonds. The van der Waals surface area contributed by atoms with Gasteiger partial charge in [-0.15, -0.1) is 0 Å². The molecular formula is C55H36O31. The van der Waals surface area contributed by atoms with E-state index < -0.39 is 273 Å². The van der Waals surface area contributed by atoms with Crippen LogP contribution in [0.5, 0.6) is 103 Å². The van der Waals surface area contributed by atoms with Crippen LogP contribution in [0.1, 0.15) is 75.7 Å². The monoisotopic (exact) mass is 1190 g/mol. The van der Waals surface area contributed by atoms with E-state index >= 15 is 24.0 Å². The molecular weight excluding hydrogens is 1160 g/mol. The van der Waals surface area contributed by atoms with Crippen LogP contribution in [0.2, 0.25) is 0 Å². The van der Waals surface area contributed by atoms with E-state index in [2.05, 4.69) is 0 Å². The summed E-state index contributed by atoms with van der Waals surface area (Å²) in [7, 11) is 0. The fourth-order valence-corrected chi connectivity index (χ4v) is 12.4. The first kappa shape index (κ1) is 53.5. The van der Waals surface area contributed by atoms with Crippen molar-refractivity contribution >= 4 is 41.2 Å². The van der Waals surface area contributed by atoms with Crippen LogP contribution in [0, 0.1) is 5.92 Å². The normalized spacial score (nSPS) is 24.9. The average molecular weight is 1190 g/mol. The summed E-state index contributed by atoms with van der Waals surface area (Å²) in [4.78, 5) is 91.4. The molecule has 9 atom stereocenters. The lowest BCUT2D eigenvalue weighted by atomic mass is 9.66. The largest absolute Gasteiger partial charge is 0.507 e. The van der Waals surface area contributed by atoms with Gasteiger partial charge in [0.25, 0.3) is 0 Å². The first-order valence-corrected chi connectivity index (χ1v) is 24.9. The Kier molecular flexibility index (Phi) is 11.0. The fraction of sp³-hybridized carbons (Fsp3) is 0.200. The van der Waals surface area contributed by atoms with Crippen LogP contribution in [0.3, 0.4) is 0 Å². The van der Waals surface area contributed by atoms with Gasteiger partial charge in [0.05, 0.1) is 28.7 Å². The maximum atomic E-state index is 15.7. The van der Waals surface area contributed by atoms with E-state index in [0.29, 0.717) is 18.2 Å². The van der Waals surface area contributed by atoms with Crippen molar-refractivity contribution in [3.8, 4) is 126 Å². The van der Waals surface area contributed by atoms with Gasteiger partial charge in [0.15, 0.2) is 99.5 Å². The summed E-state index contributed by atoms with van der Waals surface area (Å²) in [6.07, 6.45) is -15.2. The molecule has 0 saturated carbocycles. The van der Waals surface area contributed by atoms with Crippen LogP contribution < -0.4 is 9.47 Å². The second kappa shape index (κ2) is 17.6. The smallest absolute Gasteiger partial charge is 0.343 e. The minimum atomic E-state index is -3.19. The van der Waals surface area contributed by atoms with Crippen molar-refractivity contribution in [2.24, 2.45) is 5.92 Å². The number of aromatic hydroxyl groups is 16. The number of ketones is 1. The molecule has 0 radical (unpaired) electrons. The Morgan fingerprint density at radius 2 is 0.965 bits per heavy atom. The Balaban J connectivity index is 1.12. The minimum Gasteiger partial charge on any atom is -0.507 e. The van der Waals surface area contributed by atoms with E-state index in [4.69, 9.17) is 33.2 Å². The van der Waals surface area contributed by atoms with Gasteiger partial charge in [-0.1, -0.05) is 0 Å². The Morgan fingerprint density at radius 1 is 0.430 bits per heavy atom. The summed E-state index contributed by atoms with van der Waals surface area (Å²) in [5, 5.41) is 202. The highest BCUT2D eigenvalue weighted by Crippen LogP contribution is 2.68. The van der Waals surface area contributed by atoms with Gasteiger partial charge in [-0.05, 0) is 30.3 Å². The van der Waals surface area contributed by atoms with Gasteiger partial charge in [0, 0.05) is 62.6 Å². The molecule has 442 valence electrons. The Hall–Kier alpha value is -11.8. The number of esters is 5. The van der Waals surface area contributed by atoms with Crippen molar-refractivity contribution in [3.63, 3.8) is 0 Å². The van der Waals surface area contributed by atoms with Crippen LogP contribution in [0.25, 0.3) is 27.8 Å². The van der Waals surface area contributed by atoms with Crippen molar-refractivity contribution in [2.45, 2.75) is 54.6 Å². The van der Waals surface area contributed by atoms with Gasteiger partial charge in [-0.2, -0.15) is 0 Å². The first-order valence-electron chi connectivity index (χ1n) is 24.9. The van der Waals surface area contributed by atoms with Crippen molar-refractivity contribution in [3.05, 3.63) is 86.7 Å². The summed E-state index contributed by atoms with van der Waals surface area (Å²) >= 11 is 0. The summed E-state index contributed by atoms with van der Waals surface area (Å²) in [5.41, 5.74) is -17.1. The molecule has 7 aliphatic heterocycles. The number of rotatable bonds is 1. The number of ether oxygens (including phenoxy) is 7. The molecule has 86 heavy (non-hydrogen) atoms. The van der Waals surface area contributed by atoms with E-state index in [1.165, 1.54) is 0 Å². The fourth-order valence-electron chi connectivity index (χ4n) is 12.4. The van der Waals surface area contributed by atoms with Crippen LogP contribution in [0.15, 0.2) is 42.2 Å². The van der Waals surface area contributed by atoms with Gasteiger partial charge < -0.3 is 125 Å². The molecule has 6 bridgehead atoms. The van der Waals surface area contributed by atoms with Gasteiger partial charge in [0.1, 0.15) is 35.3 Å². The number of fused-ring (bicyclic) bond motifs is 9. The van der Waals surface area contributed by atoms with Gasteiger partial charge in [0.2, 0.25) is 34.4 Å². The molecule has 31 nitrogen and oxygen atoms in total. The molecule has 8 aliphatic rings. The molecule has 0 aromatic heterocycles. The van der Waals surface area contributed by atoms with Crippen LogP contribution >= 0.6 is 0 Å². The standard InChI is InChI=1S/C55H36O31/c56-14-1-9(2-15(57)34(14)63)45-19(61)3-10-20(81-45)7-21-26(33(10)62)31-47-48-46-22(8-80-50(75)12-5-17(59)35(64)38(67)23(12)11-4-16(58)37(66)40(69)25(11)52(77)83-46)82-51(76)13-6-18(60)36(65)39(68)24(13)27-29(53(78)85-48)28(42(71)44(73)41(27)70)30-32(54(79)84-47)55(31,86-21)49(74)43(30)72/h1-2,4-7,19,22,31-32,45-48,56-73H,3,8H2/t19-,22+,31+,32?,45+,46+,47-,48-,55?/m0/s1. The molecule has 2 unspecified atom stereocenters. The lowest BCUT2D eigenvalue weighted by Gasteiger charge is -2.47. The molecule has 31 heteroatoms. The third-order valence-electron chi connectivity index (χ3n) is 16.2. The molecule has 1 aliphatic carbocycles. The number of benzene rings is 6. The maximum Gasteiger partial charge on any atom is 0.343 e. The molecule has 18 N–H and O–H groups in total. The number of cyclic esters (lactones) is 1. The zero-order valence-corrected chi connectivity index (χ0v) is 42.4. The van der Waals surface area contributed by atoms with Gasteiger partial charge in [-0.25, -0.2) is 19.2 Å². The van der Waals surface area contributed by atoms with Crippen molar-refractivity contribution in [2.75, 3.05) is 6.61 Å². The highest BCUT2D eigenvalue weighted by molar-refractivity contribution is 6.22. The Morgan fingerprint density at radius 3 is 1.60 bits per heavy atom. The Bertz CT molecular complexity index is 4270. The second-order valence-corrected chi connectivity index (χ2v) is 20.6. The number of aliphatic hydroxyl groups excluding tert-OH is 2. The average Bonchev–Trinajstić information content (AvgIpc) is 1.50.